The molecule has 0 aromatic heterocycles. The molecule has 0 bridgehead atoms. The Morgan fingerprint density at radius 3 is 2.38 bits per heavy atom. The fraction of sp³-hybridized carbons (Fsp3) is 0.294. The third-order valence-corrected chi connectivity index (χ3v) is 4.56. The largest absolute Gasteiger partial charge is 0.382 e. The first-order valence-corrected chi connectivity index (χ1v) is 8.99. The van der Waals surface area contributed by atoms with E-state index in [2.05, 4.69) is 24.4 Å². The molecule has 21 heavy (non-hydrogen) atoms. The van der Waals surface area contributed by atoms with Crippen LogP contribution in [0, 0.1) is 0 Å². The zero-order chi connectivity index (χ0) is 15.3. The molecular weight excluding hydrogens is 282 g/mol. The molecule has 0 aliphatic heterocycles. The summed E-state index contributed by atoms with van der Waals surface area (Å²) in [6.07, 6.45) is 3.12. The van der Waals surface area contributed by atoms with Gasteiger partial charge < -0.3 is 5.32 Å². The smallest absolute Gasteiger partial charge is 0.175 e. The van der Waals surface area contributed by atoms with E-state index in [1.54, 1.807) is 18.2 Å². The predicted molar refractivity (Wildman–Crippen MR) is 87.4 cm³/mol. The Hall–Kier alpha value is -1.81. The molecule has 0 saturated carbocycles. The van der Waals surface area contributed by atoms with Gasteiger partial charge in [-0.05, 0) is 36.6 Å². The molecule has 3 nitrogen and oxygen atoms in total. The lowest BCUT2D eigenvalue weighted by Crippen LogP contribution is -2.21. The maximum Gasteiger partial charge on any atom is 0.175 e. The summed E-state index contributed by atoms with van der Waals surface area (Å²) in [6, 6.07) is 17.6. The Labute approximate surface area is 126 Å². The summed E-state index contributed by atoms with van der Waals surface area (Å²) in [5, 5.41) is 3.43. The summed E-state index contributed by atoms with van der Waals surface area (Å²) in [5.41, 5.74) is 2.12. The summed E-state index contributed by atoms with van der Waals surface area (Å²) >= 11 is 0. The Balaban J connectivity index is 2.12. The van der Waals surface area contributed by atoms with Gasteiger partial charge in [-0.1, -0.05) is 43.3 Å². The molecule has 0 saturated heterocycles. The van der Waals surface area contributed by atoms with Crippen molar-refractivity contribution in [1.29, 1.82) is 0 Å². The Morgan fingerprint density at radius 1 is 1.05 bits per heavy atom. The Bertz CT molecular complexity index is 681. The number of nitrogens with one attached hydrogen (secondary N) is 1. The van der Waals surface area contributed by atoms with Gasteiger partial charge in [0, 0.05) is 18.0 Å². The molecule has 4 heteroatoms. The number of benzene rings is 2. The molecule has 0 spiro atoms. The van der Waals surface area contributed by atoms with Crippen molar-refractivity contribution in [3.05, 3.63) is 60.2 Å². The average Bonchev–Trinajstić information content (AvgIpc) is 2.47. The van der Waals surface area contributed by atoms with E-state index in [1.165, 1.54) is 11.8 Å². The zero-order valence-electron chi connectivity index (χ0n) is 12.4. The molecule has 1 N–H and O–H groups in total. The fourth-order valence-electron chi connectivity index (χ4n) is 2.25. The number of hydrogen-bond donors (Lipinski definition) is 1. The molecule has 0 heterocycles. The van der Waals surface area contributed by atoms with Gasteiger partial charge in [0.05, 0.1) is 4.90 Å². The van der Waals surface area contributed by atoms with Crippen LogP contribution < -0.4 is 5.32 Å². The average molecular weight is 303 g/mol. The van der Waals surface area contributed by atoms with E-state index >= 15 is 0 Å². The summed E-state index contributed by atoms with van der Waals surface area (Å²) in [6.45, 7) is 2.13. The van der Waals surface area contributed by atoms with Crippen LogP contribution in [0.15, 0.2) is 59.5 Å². The number of sulfone groups is 1. The van der Waals surface area contributed by atoms with Crippen molar-refractivity contribution in [2.45, 2.75) is 30.7 Å². The van der Waals surface area contributed by atoms with Crippen LogP contribution in [0.4, 0.5) is 5.69 Å². The van der Waals surface area contributed by atoms with Crippen molar-refractivity contribution in [3.8, 4) is 0 Å². The van der Waals surface area contributed by atoms with Crippen molar-refractivity contribution >= 4 is 15.5 Å². The third kappa shape index (κ3) is 4.60. The first kappa shape index (κ1) is 15.6. The minimum Gasteiger partial charge on any atom is -0.382 e. The van der Waals surface area contributed by atoms with Crippen molar-refractivity contribution in [1.82, 2.24) is 0 Å². The number of hydrogen-bond acceptors (Lipinski definition) is 3. The Morgan fingerprint density at radius 2 is 1.76 bits per heavy atom. The summed E-state index contributed by atoms with van der Waals surface area (Å²) < 4.78 is 23.2. The molecule has 0 fully saturated rings. The highest BCUT2D eigenvalue weighted by Crippen LogP contribution is 2.18. The topological polar surface area (TPSA) is 46.2 Å². The molecule has 0 aliphatic rings. The van der Waals surface area contributed by atoms with E-state index in [0.29, 0.717) is 4.90 Å². The fourth-order valence-corrected chi connectivity index (χ4v) is 2.92. The first-order valence-electron chi connectivity index (χ1n) is 7.09. The second-order valence-electron chi connectivity index (χ2n) is 5.24. The van der Waals surface area contributed by atoms with Gasteiger partial charge in [0.2, 0.25) is 0 Å². The van der Waals surface area contributed by atoms with Gasteiger partial charge in [-0.25, -0.2) is 8.42 Å². The van der Waals surface area contributed by atoms with Crippen LogP contribution >= 0.6 is 0 Å². The van der Waals surface area contributed by atoms with E-state index in [9.17, 15) is 8.42 Å². The van der Waals surface area contributed by atoms with Gasteiger partial charge in [0.1, 0.15) is 0 Å². The van der Waals surface area contributed by atoms with Gasteiger partial charge in [-0.15, -0.1) is 0 Å². The van der Waals surface area contributed by atoms with Crippen LogP contribution in [0.3, 0.4) is 0 Å². The van der Waals surface area contributed by atoms with E-state index in [1.807, 2.05) is 24.3 Å². The highest BCUT2D eigenvalue weighted by Gasteiger charge is 2.10. The van der Waals surface area contributed by atoms with Crippen molar-refractivity contribution in [3.63, 3.8) is 0 Å². The van der Waals surface area contributed by atoms with Crippen molar-refractivity contribution in [2.75, 3.05) is 11.6 Å². The summed E-state index contributed by atoms with van der Waals surface area (Å²) in [5.74, 6) is 0. The maximum absolute atomic E-state index is 11.6. The highest BCUT2D eigenvalue weighted by atomic mass is 32.2. The maximum atomic E-state index is 11.6. The third-order valence-electron chi connectivity index (χ3n) is 3.45. The molecule has 1 unspecified atom stereocenters. The van der Waals surface area contributed by atoms with E-state index in [0.717, 1.165) is 18.5 Å². The van der Waals surface area contributed by atoms with E-state index in [4.69, 9.17) is 0 Å². The normalized spacial score (nSPS) is 12.9. The van der Waals surface area contributed by atoms with Crippen LogP contribution in [-0.4, -0.2) is 20.7 Å². The van der Waals surface area contributed by atoms with Crippen LogP contribution in [0.5, 0.6) is 0 Å². The van der Waals surface area contributed by atoms with E-state index in [-0.39, 0.29) is 6.04 Å². The van der Waals surface area contributed by atoms with Crippen LogP contribution in [-0.2, 0) is 16.3 Å². The molecule has 112 valence electrons. The van der Waals surface area contributed by atoms with Crippen molar-refractivity contribution in [2.24, 2.45) is 0 Å². The minimum atomic E-state index is -3.17. The van der Waals surface area contributed by atoms with Gasteiger partial charge in [0.15, 0.2) is 9.84 Å². The van der Waals surface area contributed by atoms with Crippen molar-refractivity contribution < 1.29 is 8.42 Å². The molecule has 0 radical (unpaired) electrons. The Kier molecular flexibility index (Phi) is 5.02. The lowest BCUT2D eigenvalue weighted by atomic mass is 10.0. The molecule has 2 aromatic carbocycles. The molecule has 2 rings (SSSR count). The van der Waals surface area contributed by atoms with E-state index < -0.39 is 9.84 Å². The molecular formula is C17H21NO2S. The van der Waals surface area contributed by atoms with Gasteiger partial charge in [-0.2, -0.15) is 0 Å². The van der Waals surface area contributed by atoms with Crippen LogP contribution in [0.1, 0.15) is 18.9 Å². The SMILES string of the molecule is CCC(Cc1ccccc1)Nc1cccc(S(C)(=O)=O)c1. The minimum absolute atomic E-state index is 0.280. The lowest BCUT2D eigenvalue weighted by Gasteiger charge is -2.19. The second-order valence-corrected chi connectivity index (χ2v) is 7.25. The lowest BCUT2D eigenvalue weighted by molar-refractivity contribution is 0.602. The second kappa shape index (κ2) is 6.76. The molecule has 1 atom stereocenters. The number of anilines is 1. The van der Waals surface area contributed by atoms with Gasteiger partial charge in [-0.3, -0.25) is 0 Å². The number of rotatable bonds is 6. The zero-order valence-corrected chi connectivity index (χ0v) is 13.2. The summed E-state index contributed by atoms with van der Waals surface area (Å²) in [4.78, 5) is 0.349. The molecule has 0 aliphatic carbocycles. The first-order chi connectivity index (χ1) is 9.99. The predicted octanol–water partition coefficient (Wildman–Crippen LogP) is 3.52. The highest BCUT2D eigenvalue weighted by molar-refractivity contribution is 7.90. The standard InChI is InChI=1S/C17H21NO2S/c1-3-15(12-14-8-5-4-6-9-14)18-16-10-7-11-17(13-16)21(2,19)20/h4-11,13,15,18H,3,12H2,1-2H3. The molecule has 2 aromatic rings. The molecule has 0 amide bonds. The van der Waals surface area contributed by atoms with Gasteiger partial charge in [0.25, 0.3) is 0 Å². The van der Waals surface area contributed by atoms with Crippen LogP contribution in [0.25, 0.3) is 0 Å². The quantitative estimate of drug-likeness (QED) is 0.888. The summed E-state index contributed by atoms with van der Waals surface area (Å²) in [7, 11) is -3.17. The monoisotopic (exact) mass is 303 g/mol. The van der Waals surface area contributed by atoms with Gasteiger partial charge >= 0.3 is 0 Å². The van der Waals surface area contributed by atoms with Crippen LogP contribution in [0.2, 0.25) is 0 Å².